The lowest BCUT2D eigenvalue weighted by molar-refractivity contribution is -0.134. The van der Waals surface area contributed by atoms with E-state index in [0.29, 0.717) is 0 Å². The number of hydrogen-bond donors (Lipinski definition) is 2. The van der Waals surface area contributed by atoms with E-state index >= 15 is 0 Å². The number of rotatable bonds is 6. The number of amides is 1. The van der Waals surface area contributed by atoms with Crippen molar-refractivity contribution in [3.05, 3.63) is 30.1 Å². The lowest BCUT2D eigenvalue weighted by Crippen LogP contribution is -2.34. The Morgan fingerprint density at radius 2 is 2.16 bits per heavy atom. The lowest BCUT2D eigenvalue weighted by Gasteiger charge is -2.12. The molecule has 106 valence electrons. The Balaban J connectivity index is 2.69. The quantitative estimate of drug-likeness (QED) is 0.762. The van der Waals surface area contributed by atoms with E-state index in [-0.39, 0.29) is 5.69 Å². The molecule has 0 aliphatic carbocycles. The summed E-state index contributed by atoms with van der Waals surface area (Å²) < 4.78 is 38.7. The molecule has 0 aliphatic rings. The Hall–Kier alpha value is -1.67. The molecule has 0 spiro atoms. The first-order valence-electron chi connectivity index (χ1n) is 5.43. The van der Waals surface area contributed by atoms with Crippen LogP contribution in [0.1, 0.15) is 6.92 Å². The maximum atomic E-state index is 12.9. The number of carbonyl (C=O) groups excluding carboxylic acids is 1. The number of carbonyl (C=O) groups is 1. The summed E-state index contributed by atoms with van der Waals surface area (Å²) in [4.78, 5) is 15.7. The van der Waals surface area contributed by atoms with Gasteiger partial charge in [-0.1, -0.05) is 13.0 Å². The zero-order valence-electron chi connectivity index (χ0n) is 10.5. The van der Waals surface area contributed by atoms with Gasteiger partial charge in [0.15, 0.2) is 0 Å². The predicted molar refractivity (Wildman–Crippen MR) is 68.1 cm³/mol. The molecule has 1 aromatic carbocycles. The van der Waals surface area contributed by atoms with Gasteiger partial charge in [-0.25, -0.2) is 18.3 Å². The van der Waals surface area contributed by atoms with Gasteiger partial charge in [0.2, 0.25) is 15.9 Å². The molecule has 19 heavy (non-hydrogen) atoms. The van der Waals surface area contributed by atoms with Gasteiger partial charge in [-0.15, -0.1) is 0 Å². The topological polar surface area (TPSA) is 84.5 Å². The average molecular weight is 290 g/mol. The van der Waals surface area contributed by atoms with Crippen molar-refractivity contribution in [1.82, 2.24) is 5.48 Å². The molecule has 0 heterocycles. The summed E-state index contributed by atoms with van der Waals surface area (Å²) in [6, 6.07) is 5.05. The molecule has 1 amide bonds. The lowest BCUT2D eigenvalue weighted by atomic mass is 10.2. The number of hydroxylamine groups is 1. The first kappa shape index (κ1) is 15.4. The van der Waals surface area contributed by atoms with Crippen LogP contribution in [0.25, 0.3) is 0 Å². The van der Waals surface area contributed by atoms with Gasteiger partial charge in [0.1, 0.15) is 5.82 Å². The average Bonchev–Trinajstić information content (AvgIpc) is 2.27. The molecule has 0 aliphatic heterocycles. The van der Waals surface area contributed by atoms with Crippen LogP contribution < -0.4 is 10.2 Å². The van der Waals surface area contributed by atoms with Crippen molar-refractivity contribution in [2.24, 2.45) is 5.92 Å². The maximum absolute atomic E-state index is 12.9. The van der Waals surface area contributed by atoms with E-state index in [1.54, 1.807) is 0 Å². The molecular weight excluding hydrogens is 275 g/mol. The van der Waals surface area contributed by atoms with E-state index < -0.39 is 33.4 Å². The van der Waals surface area contributed by atoms with E-state index in [0.717, 1.165) is 6.07 Å². The van der Waals surface area contributed by atoms with Crippen molar-refractivity contribution in [2.75, 3.05) is 17.6 Å². The highest BCUT2D eigenvalue weighted by Gasteiger charge is 2.21. The Morgan fingerprint density at radius 3 is 2.74 bits per heavy atom. The van der Waals surface area contributed by atoms with Crippen LogP contribution in [-0.2, 0) is 19.7 Å². The van der Waals surface area contributed by atoms with Crippen LogP contribution in [0, 0.1) is 11.7 Å². The Kier molecular flexibility index (Phi) is 5.25. The van der Waals surface area contributed by atoms with Gasteiger partial charge in [0, 0.05) is 0 Å². The third-order valence-electron chi connectivity index (χ3n) is 2.22. The minimum atomic E-state index is -3.75. The zero-order chi connectivity index (χ0) is 14.5. The molecule has 0 bridgehead atoms. The van der Waals surface area contributed by atoms with Crippen molar-refractivity contribution in [3.8, 4) is 0 Å². The molecule has 0 fully saturated rings. The van der Waals surface area contributed by atoms with Crippen molar-refractivity contribution < 1.29 is 22.4 Å². The van der Waals surface area contributed by atoms with E-state index in [4.69, 9.17) is 0 Å². The molecule has 1 unspecified atom stereocenters. The van der Waals surface area contributed by atoms with E-state index in [1.807, 2.05) is 5.48 Å². The van der Waals surface area contributed by atoms with Crippen LogP contribution in [0.3, 0.4) is 0 Å². The largest absolute Gasteiger partial charge is 0.283 e. The van der Waals surface area contributed by atoms with Crippen LogP contribution in [0.5, 0.6) is 0 Å². The van der Waals surface area contributed by atoms with Gasteiger partial charge in [0.25, 0.3) is 0 Å². The number of benzene rings is 1. The summed E-state index contributed by atoms with van der Waals surface area (Å²) in [5.74, 6) is -2.33. The number of anilines is 1. The van der Waals surface area contributed by atoms with Crippen molar-refractivity contribution in [3.63, 3.8) is 0 Å². The monoisotopic (exact) mass is 290 g/mol. The Labute approximate surface area is 111 Å². The van der Waals surface area contributed by atoms with Crippen LogP contribution in [0.4, 0.5) is 10.1 Å². The van der Waals surface area contributed by atoms with Crippen molar-refractivity contribution in [2.45, 2.75) is 6.92 Å². The molecule has 1 atom stereocenters. The fraction of sp³-hybridized carbons (Fsp3) is 0.364. The molecule has 0 aromatic heterocycles. The molecule has 8 heteroatoms. The molecule has 1 aromatic rings. The first-order valence-corrected chi connectivity index (χ1v) is 7.08. The summed E-state index contributed by atoms with van der Waals surface area (Å²) in [7, 11) is -2.49. The first-order chi connectivity index (χ1) is 8.84. The highest BCUT2D eigenvalue weighted by atomic mass is 32.2. The molecule has 0 radical (unpaired) electrons. The van der Waals surface area contributed by atoms with Crippen molar-refractivity contribution >= 4 is 21.6 Å². The Morgan fingerprint density at radius 1 is 1.47 bits per heavy atom. The number of nitrogens with one attached hydrogen (secondary N) is 2. The number of hydrogen-bond acceptors (Lipinski definition) is 4. The third kappa shape index (κ3) is 5.23. The van der Waals surface area contributed by atoms with Crippen molar-refractivity contribution in [1.29, 1.82) is 0 Å². The fourth-order valence-corrected chi connectivity index (χ4v) is 2.76. The minimum Gasteiger partial charge on any atom is -0.283 e. The highest BCUT2D eigenvalue weighted by molar-refractivity contribution is 7.92. The van der Waals surface area contributed by atoms with Crippen LogP contribution >= 0.6 is 0 Å². The standard InChI is InChI=1S/C11H15FN2O4S/c1-8(11(15)13-18-2)7-19(16,17)14-10-5-3-4-9(12)6-10/h3-6,8,14H,7H2,1-2H3,(H,13,15). The summed E-state index contributed by atoms with van der Waals surface area (Å²) >= 11 is 0. The second-order valence-corrected chi connectivity index (χ2v) is 5.73. The second-order valence-electron chi connectivity index (χ2n) is 3.97. The molecule has 6 nitrogen and oxygen atoms in total. The summed E-state index contributed by atoms with van der Waals surface area (Å²) in [6.45, 7) is 1.44. The minimum absolute atomic E-state index is 0.111. The normalized spacial score (nSPS) is 12.8. The van der Waals surface area contributed by atoms with Crippen LogP contribution in [-0.4, -0.2) is 27.2 Å². The summed E-state index contributed by atoms with van der Waals surface area (Å²) in [5, 5.41) is 0. The van der Waals surface area contributed by atoms with Gasteiger partial charge in [-0.3, -0.25) is 14.4 Å². The fourth-order valence-electron chi connectivity index (χ4n) is 1.38. The summed E-state index contributed by atoms with van der Waals surface area (Å²) in [6.07, 6.45) is 0. The smallest absolute Gasteiger partial charge is 0.247 e. The van der Waals surface area contributed by atoms with E-state index in [2.05, 4.69) is 9.56 Å². The van der Waals surface area contributed by atoms with Gasteiger partial charge in [-0.05, 0) is 18.2 Å². The number of halogens is 1. The van der Waals surface area contributed by atoms with E-state index in [9.17, 15) is 17.6 Å². The molecule has 1 rings (SSSR count). The van der Waals surface area contributed by atoms with Crippen LogP contribution in [0.15, 0.2) is 24.3 Å². The predicted octanol–water partition coefficient (Wildman–Crippen LogP) is 0.881. The zero-order valence-corrected chi connectivity index (χ0v) is 11.3. The van der Waals surface area contributed by atoms with Gasteiger partial charge < -0.3 is 0 Å². The maximum Gasteiger partial charge on any atom is 0.247 e. The van der Waals surface area contributed by atoms with Crippen LogP contribution in [0.2, 0.25) is 0 Å². The van der Waals surface area contributed by atoms with Gasteiger partial charge in [0.05, 0.1) is 24.5 Å². The molecule has 0 saturated heterocycles. The SMILES string of the molecule is CONC(=O)C(C)CS(=O)(=O)Nc1cccc(F)c1. The highest BCUT2D eigenvalue weighted by Crippen LogP contribution is 2.12. The van der Waals surface area contributed by atoms with Gasteiger partial charge in [-0.2, -0.15) is 0 Å². The molecular formula is C11H15FN2O4S. The summed E-state index contributed by atoms with van der Waals surface area (Å²) in [5.41, 5.74) is 2.16. The third-order valence-corrected chi connectivity index (χ3v) is 3.70. The van der Waals surface area contributed by atoms with Gasteiger partial charge >= 0.3 is 0 Å². The molecule has 2 N–H and O–H groups in total. The van der Waals surface area contributed by atoms with E-state index in [1.165, 1.54) is 32.2 Å². The number of sulfonamides is 1. The Bertz CT molecular complexity index is 547. The second kappa shape index (κ2) is 6.48. The molecule has 0 saturated carbocycles.